The molecule has 4 aliphatic carbocycles. The van der Waals surface area contributed by atoms with Crippen LogP contribution in [0.3, 0.4) is 0 Å². The fourth-order valence-corrected chi connectivity index (χ4v) is 7.69. The van der Waals surface area contributed by atoms with Gasteiger partial charge in [0, 0.05) is 5.92 Å². The highest BCUT2D eigenvalue weighted by atomic mass is 16.3. The number of ketones is 1. The second-order valence-corrected chi connectivity index (χ2v) is 9.52. The zero-order valence-corrected chi connectivity index (χ0v) is 15.1. The minimum absolute atomic E-state index is 0.0212. The maximum Gasteiger partial charge on any atom is 0.134 e. The largest absolute Gasteiger partial charge is 0.393 e. The third-order valence-electron chi connectivity index (χ3n) is 8.85. The molecule has 24 heavy (non-hydrogen) atoms. The Bertz CT molecular complexity index is 581. The number of aliphatic hydroxyl groups is 1. The molecular weight excluding hydrogens is 298 g/mol. The Labute approximate surface area is 145 Å². The summed E-state index contributed by atoms with van der Waals surface area (Å²) in [4.78, 5) is 12.2. The Morgan fingerprint density at radius 1 is 1.08 bits per heavy atom. The zero-order valence-electron chi connectivity index (χ0n) is 15.1. The van der Waals surface area contributed by atoms with Crippen molar-refractivity contribution >= 4 is 5.78 Å². The predicted molar refractivity (Wildman–Crippen MR) is 91.8 cm³/mol. The van der Waals surface area contributed by atoms with Gasteiger partial charge in [0.15, 0.2) is 0 Å². The fourth-order valence-electron chi connectivity index (χ4n) is 7.69. The van der Waals surface area contributed by atoms with Crippen LogP contribution < -0.4 is 0 Å². The molecule has 4 fully saturated rings. The molecular formula is C21H31NO2. The van der Waals surface area contributed by atoms with E-state index < -0.39 is 0 Å². The molecule has 0 bridgehead atoms. The first-order valence-electron chi connectivity index (χ1n) is 10.0. The minimum atomic E-state index is -0.371. The van der Waals surface area contributed by atoms with Crippen LogP contribution in [-0.4, -0.2) is 17.0 Å². The van der Waals surface area contributed by atoms with E-state index in [2.05, 4.69) is 13.0 Å². The van der Waals surface area contributed by atoms with Crippen LogP contribution in [0.4, 0.5) is 0 Å². The molecule has 0 aromatic carbocycles. The van der Waals surface area contributed by atoms with Crippen molar-refractivity contribution in [3.8, 4) is 6.07 Å². The molecule has 1 N–H and O–H groups in total. The summed E-state index contributed by atoms with van der Waals surface area (Å²) < 4.78 is 0. The number of Topliss-reactive ketones (excluding diaryl/α,β-unsaturated/α-hetero) is 1. The number of nitrogens with zero attached hydrogens (tertiary/aromatic N) is 1. The van der Waals surface area contributed by atoms with Crippen molar-refractivity contribution in [2.24, 2.45) is 40.4 Å². The maximum absolute atomic E-state index is 12.2. The van der Waals surface area contributed by atoms with E-state index in [0.29, 0.717) is 29.1 Å². The van der Waals surface area contributed by atoms with Crippen molar-refractivity contribution in [2.45, 2.75) is 77.7 Å². The SMILES string of the molecule is CC(=O)C1CC[C@H]2[C@@H]3CCC4CC(O)CCC4(C)[C@H]3CCC12C#N. The number of fused-ring (bicyclic) bond motifs is 5. The van der Waals surface area contributed by atoms with E-state index in [1.807, 2.05) is 0 Å². The van der Waals surface area contributed by atoms with Crippen LogP contribution >= 0.6 is 0 Å². The quantitative estimate of drug-likeness (QED) is 0.788. The van der Waals surface area contributed by atoms with Crippen molar-refractivity contribution < 1.29 is 9.90 Å². The summed E-state index contributed by atoms with van der Waals surface area (Å²) in [5, 5.41) is 20.2. The Balaban J connectivity index is 1.65. The molecule has 0 aliphatic heterocycles. The van der Waals surface area contributed by atoms with Gasteiger partial charge in [0.2, 0.25) is 0 Å². The number of carbonyl (C=O) groups excluding carboxylic acids is 1. The number of hydrogen-bond acceptors (Lipinski definition) is 3. The van der Waals surface area contributed by atoms with Crippen molar-refractivity contribution in [3.63, 3.8) is 0 Å². The summed E-state index contributed by atoms with van der Waals surface area (Å²) in [6, 6.07) is 2.67. The highest BCUT2D eigenvalue weighted by Crippen LogP contribution is 2.67. The minimum Gasteiger partial charge on any atom is -0.393 e. The lowest BCUT2D eigenvalue weighted by Crippen LogP contribution is -2.54. The van der Waals surface area contributed by atoms with Gasteiger partial charge in [-0.3, -0.25) is 4.79 Å². The average Bonchev–Trinajstić information content (AvgIpc) is 2.95. The van der Waals surface area contributed by atoms with Gasteiger partial charge in [0.1, 0.15) is 5.78 Å². The number of aliphatic hydroxyl groups excluding tert-OH is 1. The number of rotatable bonds is 1. The molecule has 0 amide bonds. The van der Waals surface area contributed by atoms with E-state index in [9.17, 15) is 15.2 Å². The van der Waals surface area contributed by atoms with Gasteiger partial charge in [-0.2, -0.15) is 5.26 Å². The molecule has 5 unspecified atom stereocenters. The zero-order chi connectivity index (χ0) is 17.1. The normalized spacial score (nSPS) is 53.4. The third-order valence-corrected chi connectivity index (χ3v) is 8.85. The Kier molecular flexibility index (Phi) is 3.84. The molecule has 0 saturated heterocycles. The molecule has 4 rings (SSSR count). The number of hydrogen-bond donors (Lipinski definition) is 1. The lowest BCUT2D eigenvalue weighted by atomic mass is 9.44. The smallest absolute Gasteiger partial charge is 0.134 e. The van der Waals surface area contributed by atoms with Crippen LogP contribution in [0.2, 0.25) is 0 Å². The van der Waals surface area contributed by atoms with Gasteiger partial charge in [-0.05, 0) is 93.8 Å². The Hall–Kier alpha value is -0.880. The molecule has 0 heterocycles. The molecule has 8 atom stereocenters. The van der Waals surface area contributed by atoms with Crippen molar-refractivity contribution in [1.82, 2.24) is 0 Å². The predicted octanol–water partition coefficient (Wildman–Crippen LogP) is 4.10. The summed E-state index contributed by atoms with van der Waals surface area (Å²) >= 11 is 0. The molecule has 4 saturated carbocycles. The lowest BCUT2D eigenvalue weighted by Gasteiger charge is -2.60. The van der Waals surface area contributed by atoms with Gasteiger partial charge >= 0.3 is 0 Å². The van der Waals surface area contributed by atoms with Crippen LogP contribution in [0, 0.1) is 51.8 Å². The summed E-state index contributed by atoms with van der Waals surface area (Å²) in [6.07, 6.45) is 9.40. The molecule has 4 aliphatic rings. The van der Waals surface area contributed by atoms with Crippen molar-refractivity contribution in [1.29, 1.82) is 5.26 Å². The highest BCUT2D eigenvalue weighted by Gasteiger charge is 2.62. The molecule has 0 radical (unpaired) electrons. The van der Waals surface area contributed by atoms with Crippen LogP contribution in [0.5, 0.6) is 0 Å². The highest BCUT2D eigenvalue weighted by molar-refractivity contribution is 5.80. The van der Waals surface area contributed by atoms with Crippen LogP contribution in [-0.2, 0) is 4.79 Å². The second kappa shape index (κ2) is 5.56. The number of nitriles is 1. The van der Waals surface area contributed by atoms with E-state index in [0.717, 1.165) is 44.9 Å². The Morgan fingerprint density at radius 3 is 2.58 bits per heavy atom. The van der Waals surface area contributed by atoms with Gasteiger partial charge in [0.25, 0.3) is 0 Å². The summed E-state index contributed by atoms with van der Waals surface area (Å²) in [7, 11) is 0. The van der Waals surface area contributed by atoms with Gasteiger partial charge in [-0.15, -0.1) is 0 Å². The van der Waals surface area contributed by atoms with Gasteiger partial charge in [0.05, 0.1) is 17.6 Å². The van der Waals surface area contributed by atoms with Gasteiger partial charge < -0.3 is 5.11 Å². The first-order valence-corrected chi connectivity index (χ1v) is 10.0. The summed E-state index contributed by atoms with van der Waals surface area (Å²) in [5.74, 6) is 2.62. The fraction of sp³-hybridized carbons (Fsp3) is 0.905. The third kappa shape index (κ3) is 2.08. The van der Waals surface area contributed by atoms with Crippen molar-refractivity contribution in [2.75, 3.05) is 0 Å². The molecule has 0 aromatic heterocycles. The average molecular weight is 329 g/mol. The lowest BCUT2D eigenvalue weighted by molar-refractivity contribution is -0.133. The van der Waals surface area contributed by atoms with Gasteiger partial charge in [-0.1, -0.05) is 6.92 Å². The monoisotopic (exact) mass is 329 g/mol. The van der Waals surface area contributed by atoms with Crippen molar-refractivity contribution in [3.05, 3.63) is 0 Å². The molecule has 132 valence electrons. The van der Waals surface area contributed by atoms with Crippen LogP contribution in [0.1, 0.15) is 71.6 Å². The molecule has 3 heteroatoms. The van der Waals surface area contributed by atoms with E-state index >= 15 is 0 Å². The van der Waals surface area contributed by atoms with Gasteiger partial charge in [-0.25, -0.2) is 0 Å². The molecule has 0 aromatic rings. The van der Waals surface area contributed by atoms with E-state index in [1.165, 1.54) is 12.8 Å². The number of carbonyl (C=O) groups is 1. The van der Waals surface area contributed by atoms with Crippen LogP contribution in [0.25, 0.3) is 0 Å². The molecule has 0 spiro atoms. The first-order chi connectivity index (χ1) is 11.4. The second-order valence-electron chi connectivity index (χ2n) is 9.52. The molecule has 3 nitrogen and oxygen atoms in total. The standard InChI is InChI=1S/C21H31NO2/c1-13(23)17-5-6-19-16-4-3-14-11-15(24)7-9-20(14,2)18(16)8-10-21(17,19)12-22/h14-19,24H,3-11H2,1-2H3/t14?,15?,16-,17?,18+,19+,20?,21?/m1/s1. The maximum atomic E-state index is 12.2. The van der Waals surface area contributed by atoms with Crippen LogP contribution in [0.15, 0.2) is 0 Å². The summed E-state index contributed by atoms with van der Waals surface area (Å²) in [5.41, 5.74) is -0.0253. The van der Waals surface area contributed by atoms with E-state index in [-0.39, 0.29) is 23.2 Å². The van der Waals surface area contributed by atoms with E-state index in [1.54, 1.807) is 6.92 Å². The Morgan fingerprint density at radius 2 is 1.88 bits per heavy atom. The first kappa shape index (κ1) is 16.6. The summed E-state index contributed by atoms with van der Waals surface area (Å²) in [6.45, 7) is 4.16. The topological polar surface area (TPSA) is 61.1 Å². The van der Waals surface area contributed by atoms with E-state index in [4.69, 9.17) is 0 Å².